The molecule has 1 aromatic heterocycles. The van der Waals surface area contributed by atoms with Gasteiger partial charge >= 0.3 is 0 Å². The maximum absolute atomic E-state index is 12.6. The molecule has 0 saturated heterocycles. The Morgan fingerprint density at radius 1 is 1.10 bits per heavy atom. The molecular formula is C24H28N2O3S. The fourth-order valence-corrected chi connectivity index (χ4v) is 4.57. The molecule has 0 saturated carbocycles. The molecule has 0 fully saturated rings. The number of nitrogens with one attached hydrogen (secondary N) is 1. The molecular weight excluding hydrogens is 396 g/mol. The molecule has 0 aliphatic heterocycles. The van der Waals surface area contributed by atoms with E-state index in [9.17, 15) is 14.1 Å². The van der Waals surface area contributed by atoms with Crippen LogP contribution in [-0.2, 0) is 23.8 Å². The third kappa shape index (κ3) is 5.12. The molecule has 0 radical (unpaired) electrons. The van der Waals surface area contributed by atoms with Gasteiger partial charge in [-0.1, -0.05) is 32.0 Å². The van der Waals surface area contributed by atoms with E-state index in [-0.39, 0.29) is 12.4 Å². The van der Waals surface area contributed by atoms with E-state index in [1.165, 1.54) is 0 Å². The fraction of sp³-hybridized carbons (Fsp3) is 0.333. The molecule has 0 spiro atoms. The van der Waals surface area contributed by atoms with Crippen LogP contribution < -0.4 is 5.32 Å². The number of para-hydroxylation sites is 1. The zero-order valence-electron chi connectivity index (χ0n) is 17.5. The quantitative estimate of drug-likeness (QED) is 0.459. The number of benzene rings is 2. The summed E-state index contributed by atoms with van der Waals surface area (Å²) in [5, 5.41) is 14.1. The van der Waals surface area contributed by atoms with E-state index in [1.54, 1.807) is 6.20 Å². The molecule has 0 aliphatic carbocycles. The second kappa shape index (κ2) is 10.5. The lowest BCUT2D eigenvalue weighted by molar-refractivity contribution is 0.0988. The van der Waals surface area contributed by atoms with Gasteiger partial charge in [-0.3, -0.25) is 14.0 Å². The van der Waals surface area contributed by atoms with Crippen molar-refractivity contribution in [3.05, 3.63) is 65.4 Å². The molecule has 5 nitrogen and oxygen atoms in total. The first-order valence-corrected chi connectivity index (χ1v) is 11.8. The van der Waals surface area contributed by atoms with Crippen LogP contribution in [-0.4, -0.2) is 31.6 Å². The van der Waals surface area contributed by atoms with Crippen LogP contribution in [0.1, 0.15) is 48.2 Å². The molecule has 0 aliphatic rings. The number of carbonyl (C=O) groups excluding carboxylic acids is 1. The number of aromatic nitrogens is 1. The Kier molecular flexibility index (Phi) is 7.71. The largest absolute Gasteiger partial charge is 0.392 e. The summed E-state index contributed by atoms with van der Waals surface area (Å²) in [6, 6.07) is 13.6. The lowest BCUT2D eigenvalue weighted by Gasteiger charge is -2.16. The van der Waals surface area contributed by atoms with Crippen molar-refractivity contribution in [3.8, 4) is 0 Å². The minimum absolute atomic E-state index is 0.0136. The van der Waals surface area contributed by atoms with Gasteiger partial charge in [-0.15, -0.1) is 0 Å². The summed E-state index contributed by atoms with van der Waals surface area (Å²) >= 11 is 0. The van der Waals surface area contributed by atoms with Crippen LogP contribution in [0.5, 0.6) is 0 Å². The van der Waals surface area contributed by atoms with Crippen LogP contribution in [0, 0.1) is 0 Å². The number of fused-ring (bicyclic) bond motifs is 1. The highest BCUT2D eigenvalue weighted by molar-refractivity contribution is 7.84. The SMILES string of the molecule is CCCS(=O)CCc1cc2c(Nc3ccccc3)c(C(=O)CC)cnc2cc1CO. The van der Waals surface area contributed by atoms with Crippen LogP contribution in [0.15, 0.2) is 48.7 Å². The Morgan fingerprint density at radius 3 is 2.53 bits per heavy atom. The van der Waals surface area contributed by atoms with E-state index >= 15 is 0 Å². The van der Waals surface area contributed by atoms with Gasteiger partial charge in [-0.05, 0) is 48.2 Å². The third-order valence-corrected chi connectivity index (χ3v) is 6.58. The van der Waals surface area contributed by atoms with E-state index < -0.39 is 10.8 Å². The first-order valence-electron chi connectivity index (χ1n) is 10.3. The highest BCUT2D eigenvalue weighted by atomic mass is 32.2. The minimum atomic E-state index is -0.881. The van der Waals surface area contributed by atoms with Crippen molar-refractivity contribution in [2.45, 2.75) is 39.7 Å². The minimum Gasteiger partial charge on any atom is -0.392 e. The Hall–Kier alpha value is -2.57. The van der Waals surface area contributed by atoms with Crippen LogP contribution in [0.2, 0.25) is 0 Å². The number of pyridine rings is 1. The summed E-state index contributed by atoms with van der Waals surface area (Å²) in [5.41, 5.74) is 4.58. The first-order chi connectivity index (χ1) is 14.6. The van der Waals surface area contributed by atoms with Crippen LogP contribution in [0.3, 0.4) is 0 Å². The number of aliphatic hydroxyl groups is 1. The van der Waals surface area contributed by atoms with Crippen molar-refractivity contribution >= 4 is 38.9 Å². The molecule has 2 aromatic carbocycles. The molecule has 0 bridgehead atoms. The third-order valence-electron chi connectivity index (χ3n) is 5.06. The highest BCUT2D eigenvalue weighted by Gasteiger charge is 2.17. The second-order valence-corrected chi connectivity index (χ2v) is 8.91. The van der Waals surface area contributed by atoms with E-state index in [0.717, 1.165) is 34.3 Å². The Labute approximate surface area is 180 Å². The van der Waals surface area contributed by atoms with Gasteiger partial charge in [0.15, 0.2) is 5.78 Å². The van der Waals surface area contributed by atoms with E-state index in [2.05, 4.69) is 10.3 Å². The number of hydrogen-bond acceptors (Lipinski definition) is 5. The maximum Gasteiger partial charge on any atom is 0.166 e. The maximum atomic E-state index is 12.6. The average molecular weight is 425 g/mol. The standard InChI is InChI=1S/C24H28N2O3S/c1-3-11-30(29)12-10-17-13-20-22(14-18(17)16-27)25-15-21(23(28)4-2)24(20)26-19-8-6-5-7-9-19/h5-9,13-15,27H,3-4,10-12,16H2,1-2H3,(H,25,26). The number of rotatable bonds is 10. The van der Waals surface area contributed by atoms with E-state index in [0.29, 0.717) is 35.4 Å². The van der Waals surface area contributed by atoms with Gasteiger partial charge in [0.25, 0.3) is 0 Å². The topological polar surface area (TPSA) is 79.3 Å². The zero-order valence-corrected chi connectivity index (χ0v) is 18.3. The van der Waals surface area contributed by atoms with Crippen LogP contribution >= 0.6 is 0 Å². The Balaban J connectivity index is 2.11. The molecule has 30 heavy (non-hydrogen) atoms. The van der Waals surface area contributed by atoms with Crippen molar-refractivity contribution in [2.75, 3.05) is 16.8 Å². The van der Waals surface area contributed by atoms with E-state index in [1.807, 2.05) is 56.3 Å². The van der Waals surface area contributed by atoms with Gasteiger partial charge in [-0.2, -0.15) is 0 Å². The fourth-order valence-electron chi connectivity index (χ4n) is 3.46. The number of aliphatic hydroxyl groups excluding tert-OH is 1. The monoisotopic (exact) mass is 424 g/mol. The van der Waals surface area contributed by atoms with Gasteiger partial charge in [0, 0.05) is 46.0 Å². The van der Waals surface area contributed by atoms with Gasteiger partial charge in [0.05, 0.1) is 23.4 Å². The van der Waals surface area contributed by atoms with Crippen LogP contribution in [0.4, 0.5) is 11.4 Å². The predicted octanol–water partition coefficient (Wildman–Crippen LogP) is 4.76. The number of nitrogens with zero attached hydrogens (tertiary/aromatic N) is 1. The average Bonchev–Trinajstić information content (AvgIpc) is 2.77. The lowest BCUT2D eigenvalue weighted by Crippen LogP contribution is -2.08. The highest BCUT2D eigenvalue weighted by Crippen LogP contribution is 2.32. The zero-order chi connectivity index (χ0) is 21.5. The molecule has 3 aromatic rings. The van der Waals surface area contributed by atoms with Gasteiger partial charge in [0.2, 0.25) is 0 Å². The molecule has 1 atom stereocenters. The van der Waals surface area contributed by atoms with Crippen molar-refractivity contribution in [1.29, 1.82) is 0 Å². The van der Waals surface area contributed by atoms with Crippen molar-refractivity contribution in [2.24, 2.45) is 0 Å². The number of anilines is 2. The summed E-state index contributed by atoms with van der Waals surface area (Å²) in [6.45, 7) is 3.75. The molecule has 2 N–H and O–H groups in total. The number of ketones is 1. The summed E-state index contributed by atoms with van der Waals surface area (Å²) in [5.74, 6) is 1.24. The summed E-state index contributed by atoms with van der Waals surface area (Å²) in [6.07, 6.45) is 3.48. The summed E-state index contributed by atoms with van der Waals surface area (Å²) in [4.78, 5) is 17.1. The van der Waals surface area contributed by atoms with Gasteiger partial charge < -0.3 is 10.4 Å². The molecule has 3 rings (SSSR count). The van der Waals surface area contributed by atoms with Crippen molar-refractivity contribution < 1.29 is 14.1 Å². The van der Waals surface area contributed by atoms with Crippen molar-refractivity contribution in [1.82, 2.24) is 4.98 Å². The number of Topliss-reactive ketones (excluding diaryl/α,β-unsaturated/α-hetero) is 1. The summed E-state index contributed by atoms with van der Waals surface area (Å²) < 4.78 is 12.1. The predicted molar refractivity (Wildman–Crippen MR) is 124 cm³/mol. The first kappa shape index (κ1) is 22.1. The summed E-state index contributed by atoms with van der Waals surface area (Å²) in [7, 11) is -0.881. The lowest BCUT2D eigenvalue weighted by atomic mass is 9.98. The van der Waals surface area contributed by atoms with Gasteiger partial charge in [0.1, 0.15) is 0 Å². The van der Waals surface area contributed by atoms with Crippen LogP contribution in [0.25, 0.3) is 10.9 Å². The molecule has 1 heterocycles. The molecule has 1 unspecified atom stereocenters. The van der Waals surface area contributed by atoms with Crippen molar-refractivity contribution in [3.63, 3.8) is 0 Å². The van der Waals surface area contributed by atoms with E-state index in [4.69, 9.17) is 0 Å². The Bertz CT molecular complexity index is 1050. The molecule has 6 heteroatoms. The molecule has 158 valence electrons. The number of hydrogen-bond donors (Lipinski definition) is 2. The van der Waals surface area contributed by atoms with Gasteiger partial charge in [-0.25, -0.2) is 0 Å². The number of carbonyl (C=O) groups is 1. The molecule has 0 amide bonds. The second-order valence-electron chi connectivity index (χ2n) is 7.21. The normalized spacial score (nSPS) is 12.1. The number of aryl methyl sites for hydroxylation is 1. The smallest absolute Gasteiger partial charge is 0.166 e. The Morgan fingerprint density at radius 2 is 1.87 bits per heavy atom.